The van der Waals surface area contributed by atoms with E-state index in [1.165, 1.54) is 12.1 Å². The Bertz CT molecular complexity index is 404. The van der Waals surface area contributed by atoms with Crippen LogP contribution in [0, 0.1) is 11.7 Å². The Morgan fingerprint density at radius 1 is 1.44 bits per heavy atom. The highest BCUT2D eigenvalue weighted by molar-refractivity contribution is 9.10. The van der Waals surface area contributed by atoms with Gasteiger partial charge in [0, 0.05) is 28.5 Å². The summed E-state index contributed by atoms with van der Waals surface area (Å²) in [4.78, 5) is 13.4. The molecule has 1 aliphatic heterocycles. The van der Waals surface area contributed by atoms with Gasteiger partial charge in [-0.3, -0.25) is 4.79 Å². The van der Waals surface area contributed by atoms with Gasteiger partial charge in [-0.05, 0) is 24.1 Å². The lowest BCUT2D eigenvalue weighted by Gasteiger charge is -2.16. The van der Waals surface area contributed by atoms with Crippen molar-refractivity contribution in [3.63, 3.8) is 0 Å². The molecule has 1 unspecified atom stereocenters. The van der Waals surface area contributed by atoms with E-state index in [-0.39, 0.29) is 11.7 Å². The van der Waals surface area contributed by atoms with Gasteiger partial charge in [0.25, 0.3) is 0 Å². The van der Waals surface area contributed by atoms with E-state index < -0.39 is 0 Å². The smallest absolute Gasteiger partial charge is 0.227 e. The van der Waals surface area contributed by atoms with Crippen LogP contribution < -0.4 is 4.90 Å². The molecule has 1 amide bonds. The molecule has 1 aromatic rings. The first-order chi connectivity index (χ1) is 7.60. The van der Waals surface area contributed by atoms with E-state index in [1.807, 2.05) is 0 Å². The van der Waals surface area contributed by atoms with Crippen LogP contribution in [0.1, 0.15) is 6.42 Å². The van der Waals surface area contributed by atoms with E-state index in [9.17, 15) is 9.18 Å². The van der Waals surface area contributed by atoms with Gasteiger partial charge in [-0.25, -0.2) is 4.39 Å². The largest absolute Gasteiger partial charge is 0.312 e. The number of halogens is 3. The number of benzene rings is 1. The maximum absolute atomic E-state index is 13.2. The van der Waals surface area contributed by atoms with Crippen LogP contribution in [-0.2, 0) is 4.79 Å². The van der Waals surface area contributed by atoms with Crippen molar-refractivity contribution in [2.45, 2.75) is 6.42 Å². The first-order valence-electron chi connectivity index (χ1n) is 4.92. The van der Waals surface area contributed by atoms with Gasteiger partial charge in [-0.15, -0.1) is 0 Å². The molecule has 1 aliphatic rings. The van der Waals surface area contributed by atoms with Crippen molar-refractivity contribution in [1.82, 2.24) is 0 Å². The Morgan fingerprint density at radius 2 is 2.19 bits per heavy atom. The third-order valence-corrected chi connectivity index (χ3v) is 3.96. The van der Waals surface area contributed by atoms with Crippen molar-refractivity contribution >= 4 is 43.5 Å². The number of hydrogen-bond acceptors (Lipinski definition) is 1. The summed E-state index contributed by atoms with van der Waals surface area (Å²) in [5.74, 6) is 0.0379. The lowest BCUT2D eigenvalue weighted by Crippen LogP contribution is -2.24. The summed E-state index contributed by atoms with van der Waals surface area (Å²) >= 11 is 6.60. The molecular weight excluding hydrogens is 341 g/mol. The second-order valence-electron chi connectivity index (χ2n) is 3.86. The minimum absolute atomic E-state index is 0.0574. The van der Waals surface area contributed by atoms with Crippen LogP contribution in [-0.4, -0.2) is 17.8 Å². The summed E-state index contributed by atoms with van der Waals surface area (Å²) in [7, 11) is 0. The normalized spacial score (nSPS) is 20.6. The lowest BCUT2D eigenvalue weighted by molar-refractivity contribution is -0.117. The van der Waals surface area contributed by atoms with Gasteiger partial charge in [0.1, 0.15) is 5.82 Å². The number of carbonyl (C=O) groups is 1. The maximum Gasteiger partial charge on any atom is 0.227 e. The fourth-order valence-electron chi connectivity index (χ4n) is 1.83. The fraction of sp³-hybridized carbons (Fsp3) is 0.364. The second-order valence-corrected chi connectivity index (χ2v) is 5.42. The van der Waals surface area contributed by atoms with Crippen molar-refractivity contribution in [3.8, 4) is 0 Å². The lowest BCUT2D eigenvalue weighted by atomic mass is 10.2. The first kappa shape index (κ1) is 12.0. The highest BCUT2D eigenvalue weighted by atomic mass is 79.9. The topological polar surface area (TPSA) is 20.3 Å². The molecule has 1 heterocycles. The van der Waals surface area contributed by atoms with Crippen LogP contribution in [0.4, 0.5) is 10.1 Å². The molecule has 0 bridgehead atoms. The number of nitrogens with zero attached hydrogens (tertiary/aromatic N) is 1. The minimum atomic E-state index is -0.334. The Hall–Kier alpha value is -0.420. The standard InChI is InChI=1S/C11H10Br2FNO/c12-5-7-1-11(16)15(6-7)10-3-8(13)2-9(14)4-10/h2-4,7H,1,5-6H2. The molecule has 0 spiro atoms. The van der Waals surface area contributed by atoms with Gasteiger partial charge in [-0.1, -0.05) is 31.9 Å². The Labute approximate surface area is 110 Å². The quantitative estimate of drug-likeness (QED) is 0.749. The molecule has 0 saturated carbocycles. The highest BCUT2D eigenvalue weighted by Gasteiger charge is 2.30. The summed E-state index contributed by atoms with van der Waals surface area (Å²) in [5, 5.41) is 0.797. The molecule has 1 fully saturated rings. The van der Waals surface area contributed by atoms with E-state index in [0.717, 1.165) is 5.33 Å². The fourth-order valence-corrected chi connectivity index (χ4v) is 2.72. The SMILES string of the molecule is O=C1CC(CBr)CN1c1cc(F)cc(Br)c1. The zero-order valence-corrected chi connectivity index (χ0v) is 11.6. The van der Waals surface area contributed by atoms with Crippen molar-refractivity contribution in [3.05, 3.63) is 28.5 Å². The Balaban J connectivity index is 2.27. The number of carbonyl (C=O) groups excluding carboxylic acids is 1. The van der Waals surface area contributed by atoms with Crippen molar-refractivity contribution in [2.75, 3.05) is 16.8 Å². The van der Waals surface area contributed by atoms with Crippen molar-refractivity contribution in [2.24, 2.45) is 5.92 Å². The predicted molar refractivity (Wildman–Crippen MR) is 68.4 cm³/mol. The van der Waals surface area contributed by atoms with E-state index in [2.05, 4.69) is 31.9 Å². The summed E-state index contributed by atoms with van der Waals surface area (Å²) in [6, 6.07) is 4.53. The molecule has 1 aromatic carbocycles. The molecule has 0 aliphatic carbocycles. The summed E-state index contributed by atoms with van der Waals surface area (Å²) in [6.45, 7) is 0.653. The molecule has 2 rings (SSSR count). The van der Waals surface area contributed by atoms with E-state index in [4.69, 9.17) is 0 Å². The number of amides is 1. The van der Waals surface area contributed by atoms with Crippen LogP contribution in [0.25, 0.3) is 0 Å². The molecule has 1 atom stereocenters. The highest BCUT2D eigenvalue weighted by Crippen LogP contribution is 2.28. The van der Waals surface area contributed by atoms with Gasteiger partial charge in [0.05, 0.1) is 0 Å². The van der Waals surface area contributed by atoms with E-state index >= 15 is 0 Å². The molecule has 86 valence electrons. The zero-order valence-electron chi connectivity index (χ0n) is 8.42. The van der Waals surface area contributed by atoms with Gasteiger partial charge < -0.3 is 4.90 Å². The number of anilines is 1. The van der Waals surface area contributed by atoms with Crippen LogP contribution in [0.5, 0.6) is 0 Å². The molecule has 16 heavy (non-hydrogen) atoms. The van der Waals surface area contributed by atoms with Gasteiger partial charge in [-0.2, -0.15) is 0 Å². The van der Waals surface area contributed by atoms with Gasteiger partial charge >= 0.3 is 0 Å². The molecule has 5 heteroatoms. The van der Waals surface area contributed by atoms with Crippen molar-refractivity contribution in [1.29, 1.82) is 0 Å². The molecule has 0 radical (unpaired) electrons. The Morgan fingerprint density at radius 3 is 2.75 bits per heavy atom. The number of rotatable bonds is 2. The maximum atomic E-state index is 13.2. The summed E-state index contributed by atoms with van der Waals surface area (Å²) in [6.07, 6.45) is 0.527. The van der Waals surface area contributed by atoms with Crippen LogP contribution in [0.15, 0.2) is 22.7 Å². The van der Waals surface area contributed by atoms with Crippen LogP contribution in [0.3, 0.4) is 0 Å². The summed E-state index contributed by atoms with van der Waals surface area (Å²) in [5.41, 5.74) is 0.625. The van der Waals surface area contributed by atoms with Crippen LogP contribution in [0.2, 0.25) is 0 Å². The average Bonchev–Trinajstić information content (AvgIpc) is 2.58. The number of hydrogen-bond donors (Lipinski definition) is 0. The van der Waals surface area contributed by atoms with Gasteiger partial charge in [0.15, 0.2) is 0 Å². The second kappa shape index (κ2) is 4.84. The van der Waals surface area contributed by atoms with E-state index in [1.54, 1.807) is 11.0 Å². The molecule has 0 aromatic heterocycles. The average molecular weight is 351 g/mol. The monoisotopic (exact) mass is 349 g/mol. The summed E-state index contributed by atoms with van der Waals surface area (Å²) < 4.78 is 13.9. The molecule has 1 saturated heterocycles. The Kier molecular flexibility index (Phi) is 3.64. The molecule has 2 nitrogen and oxygen atoms in total. The third-order valence-electron chi connectivity index (χ3n) is 2.58. The van der Waals surface area contributed by atoms with Crippen molar-refractivity contribution < 1.29 is 9.18 Å². The van der Waals surface area contributed by atoms with E-state index in [0.29, 0.717) is 29.0 Å². The third kappa shape index (κ3) is 2.46. The van der Waals surface area contributed by atoms with Crippen LogP contribution >= 0.6 is 31.9 Å². The minimum Gasteiger partial charge on any atom is -0.312 e. The zero-order chi connectivity index (χ0) is 11.7. The number of alkyl halides is 1. The molecular formula is C11H10Br2FNO. The predicted octanol–water partition coefficient (Wildman–Crippen LogP) is 3.34. The molecule has 0 N–H and O–H groups in total. The van der Waals surface area contributed by atoms with Gasteiger partial charge in [0.2, 0.25) is 5.91 Å². The first-order valence-corrected chi connectivity index (χ1v) is 6.84.